The largest absolute Gasteiger partial charge is 0.450 e. The van der Waals surface area contributed by atoms with E-state index in [0.29, 0.717) is 6.61 Å². The Morgan fingerprint density at radius 2 is 2.10 bits per heavy atom. The number of hydrogen-bond acceptors (Lipinski definition) is 4. The van der Waals surface area contributed by atoms with E-state index in [4.69, 9.17) is 9.47 Å². The summed E-state index contributed by atoms with van der Waals surface area (Å²) in [6.07, 6.45) is -0.424. The van der Waals surface area contributed by atoms with Gasteiger partial charge < -0.3 is 14.4 Å². The first kappa shape index (κ1) is 14.7. The zero-order valence-electron chi connectivity index (χ0n) is 12.3. The zero-order valence-corrected chi connectivity index (χ0v) is 12.3. The monoisotopic (exact) mass is 278 g/mol. The lowest BCUT2D eigenvalue weighted by atomic mass is 10.0. The second-order valence-corrected chi connectivity index (χ2v) is 5.41. The van der Waals surface area contributed by atoms with E-state index in [9.17, 15) is 4.79 Å². The molecule has 0 bridgehead atoms. The van der Waals surface area contributed by atoms with Crippen LogP contribution in [0.15, 0.2) is 24.3 Å². The minimum absolute atomic E-state index is 0.0195. The van der Waals surface area contributed by atoms with Crippen molar-refractivity contribution in [1.29, 1.82) is 0 Å². The van der Waals surface area contributed by atoms with Gasteiger partial charge in [-0.3, -0.25) is 5.32 Å². The summed E-state index contributed by atoms with van der Waals surface area (Å²) < 4.78 is 10.4. The summed E-state index contributed by atoms with van der Waals surface area (Å²) in [5.41, 5.74) is 1.85. The van der Waals surface area contributed by atoms with E-state index in [-0.39, 0.29) is 5.54 Å². The number of benzene rings is 1. The van der Waals surface area contributed by atoms with Crippen LogP contribution in [-0.2, 0) is 9.47 Å². The molecule has 110 valence electrons. The summed E-state index contributed by atoms with van der Waals surface area (Å²) in [6.45, 7) is 8.81. The van der Waals surface area contributed by atoms with Gasteiger partial charge in [0.15, 0.2) is 0 Å². The van der Waals surface area contributed by atoms with E-state index in [1.165, 1.54) is 0 Å². The van der Waals surface area contributed by atoms with E-state index < -0.39 is 6.09 Å². The number of carbonyl (C=O) groups is 1. The van der Waals surface area contributed by atoms with E-state index in [1.54, 1.807) is 6.92 Å². The van der Waals surface area contributed by atoms with Crippen LogP contribution in [0.4, 0.5) is 16.2 Å². The predicted octanol–water partition coefficient (Wildman–Crippen LogP) is 2.87. The van der Waals surface area contributed by atoms with Crippen LogP contribution in [0.5, 0.6) is 0 Å². The summed E-state index contributed by atoms with van der Waals surface area (Å²) >= 11 is 0. The number of morpholine rings is 1. The lowest BCUT2D eigenvalue weighted by molar-refractivity contribution is 0.0644. The van der Waals surface area contributed by atoms with Crippen LogP contribution in [0.3, 0.4) is 0 Å². The number of carbonyl (C=O) groups excluding carboxylic acids is 1. The Morgan fingerprint density at radius 3 is 2.70 bits per heavy atom. The van der Waals surface area contributed by atoms with Crippen LogP contribution in [0.2, 0.25) is 0 Å². The standard InChI is InChI=1S/C15H22N2O3/c1-4-20-14(18)16-12-5-7-13(8-6-12)17-9-10-19-11-15(17,2)3/h5-8H,4,9-11H2,1-3H3,(H,16,18). The number of rotatable bonds is 3. The highest BCUT2D eigenvalue weighted by Gasteiger charge is 2.30. The molecule has 1 aromatic rings. The predicted molar refractivity (Wildman–Crippen MR) is 79.3 cm³/mol. The molecule has 1 aliphatic rings. The van der Waals surface area contributed by atoms with E-state index in [2.05, 4.69) is 24.1 Å². The van der Waals surface area contributed by atoms with Crippen molar-refractivity contribution in [2.24, 2.45) is 0 Å². The number of anilines is 2. The SMILES string of the molecule is CCOC(=O)Nc1ccc(N2CCOCC2(C)C)cc1. The van der Waals surface area contributed by atoms with Gasteiger partial charge in [-0.15, -0.1) is 0 Å². The Bertz CT molecular complexity index is 457. The van der Waals surface area contributed by atoms with Gasteiger partial charge in [0.25, 0.3) is 0 Å². The molecule has 5 nitrogen and oxygen atoms in total. The Labute approximate surface area is 119 Å². The quantitative estimate of drug-likeness (QED) is 0.923. The molecule has 0 radical (unpaired) electrons. The van der Waals surface area contributed by atoms with E-state index >= 15 is 0 Å². The summed E-state index contributed by atoms with van der Waals surface area (Å²) in [6, 6.07) is 7.79. The third-order valence-electron chi connectivity index (χ3n) is 3.35. The Hall–Kier alpha value is -1.75. The second kappa shape index (κ2) is 6.13. The molecule has 1 fully saturated rings. The average Bonchev–Trinajstić information content (AvgIpc) is 2.40. The fraction of sp³-hybridized carbons (Fsp3) is 0.533. The molecule has 0 atom stereocenters. The van der Waals surface area contributed by atoms with Gasteiger partial charge in [0.1, 0.15) is 0 Å². The van der Waals surface area contributed by atoms with Gasteiger partial charge in [-0.2, -0.15) is 0 Å². The maximum atomic E-state index is 11.3. The van der Waals surface area contributed by atoms with Crippen LogP contribution in [0.1, 0.15) is 20.8 Å². The van der Waals surface area contributed by atoms with Crippen molar-refractivity contribution in [3.05, 3.63) is 24.3 Å². The maximum absolute atomic E-state index is 11.3. The highest BCUT2D eigenvalue weighted by Crippen LogP contribution is 2.27. The molecule has 1 aliphatic heterocycles. The average molecular weight is 278 g/mol. The first-order valence-corrected chi connectivity index (χ1v) is 6.92. The minimum atomic E-state index is -0.424. The van der Waals surface area contributed by atoms with Crippen molar-refractivity contribution in [2.45, 2.75) is 26.3 Å². The second-order valence-electron chi connectivity index (χ2n) is 5.41. The van der Waals surface area contributed by atoms with E-state index in [1.807, 2.05) is 24.3 Å². The molecular formula is C15H22N2O3. The normalized spacial score (nSPS) is 17.6. The number of ether oxygens (including phenoxy) is 2. The Morgan fingerprint density at radius 1 is 1.40 bits per heavy atom. The summed E-state index contributed by atoms with van der Waals surface area (Å²) in [5, 5.41) is 2.69. The molecule has 1 amide bonds. The molecule has 0 spiro atoms. The van der Waals surface area contributed by atoms with Crippen molar-refractivity contribution in [3.8, 4) is 0 Å². The Balaban J connectivity index is 2.06. The molecule has 0 unspecified atom stereocenters. The first-order chi connectivity index (χ1) is 9.53. The van der Waals surface area contributed by atoms with Gasteiger partial charge in [0.2, 0.25) is 0 Å². The first-order valence-electron chi connectivity index (χ1n) is 6.92. The highest BCUT2D eigenvalue weighted by molar-refractivity contribution is 5.84. The molecule has 20 heavy (non-hydrogen) atoms. The molecule has 0 saturated carbocycles. The van der Waals surface area contributed by atoms with Crippen molar-refractivity contribution in [1.82, 2.24) is 0 Å². The number of nitrogens with one attached hydrogen (secondary N) is 1. The number of nitrogens with zero attached hydrogens (tertiary/aromatic N) is 1. The smallest absolute Gasteiger partial charge is 0.411 e. The van der Waals surface area contributed by atoms with Crippen molar-refractivity contribution >= 4 is 17.5 Å². The van der Waals surface area contributed by atoms with E-state index in [0.717, 1.165) is 31.1 Å². The minimum Gasteiger partial charge on any atom is -0.450 e. The fourth-order valence-corrected chi connectivity index (χ4v) is 2.35. The van der Waals surface area contributed by atoms with Crippen LogP contribution in [0, 0.1) is 0 Å². The van der Waals surface area contributed by atoms with Gasteiger partial charge in [0.05, 0.1) is 25.4 Å². The molecule has 0 aliphatic carbocycles. The van der Waals surface area contributed by atoms with Gasteiger partial charge in [-0.1, -0.05) is 0 Å². The third-order valence-corrected chi connectivity index (χ3v) is 3.35. The summed E-state index contributed by atoms with van der Waals surface area (Å²) in [5.74, 6) is 0. The van der Waals surface area contributed by atoms with Crippen LogP contribution < -0.4 is 10.2 Å². The zero-order chi connectivity index (χ0) is 14.6. The molecule has 1 heterocycles. The van der Waals surface area contributed by atoms with Gasteiger partial charge in [-0.25, -0.2) is 4.79 Å². The molecule has 1 saturated heterocycles. The van der Waals surface area contributed by atoms with Gasteiger partial charge in [-0.05, 0) is 45.0 Å². The fourth-order valence-electron chi connectivity index (χ4n) is 2.35. The Kier molecular flexibility index (Phi) is 4.49. The third kappa shape index (κ3) is 3.42. The summed E-state index contributed by atoms with van der Waals surface area (Å²) in [4.78, 5) is 13.7. The molecular weight excluding hydrogens is 256 g/mol. The topological polar surface area (TPSA) is 50.8 Å². The van der Waals surface area contributed by atoms with Crippen LogP contribution in [0.25, 0.3) is 0 Å². The van der Waals surface area contributed by atoms with Gasteiger partial charge in [0, 0.05) is 17.9 Å². The summed E-state index contributed by atoms with van der Waals surface area (Å²) in [7, 11) is 0. The maximum Gasteiger partial charge on any atom is 0.411 e. The van der Waals surface area contributed by atoms with Crippen molar-refractivity contribution in [3.63, 3.8) is 0 Å². The molecule has 5 heteroatoms. The molecule has 1 N–H and O–H groups in total. The van der Waals surface area contributed by atoms with Gasteiger partial charge >= 0.3 is 6.09 Å². The van der Waals surface area contributed by atoms with Crippen LogP contribution >= 0.6 is 0 Å². The lowest BCUT2D eigenvalue weighted by Gasteiger charge is -2.43. The lowest BCUT2D eigenvalue weighted by Crippen LogP contribution is -2.53. The number of hydrogen-bond donors (Lipinski definition) is 1. The molecule has 1 aromatic carbocycles. The molecule has 2 rings (SSSR count). The number of amides is 1. The highest BCUT2D eigenvalue weighted by atomic mass is 16.5. The van der Waals surface area contributed by atoms with Crippen molar-refractivity contribution < 1.29 is 14.3 Å². The van der Waals surface area contributed by atoms with Crippen molar-refractivity contribution in [2.75, 3.05) is 36.6 Å². The van der Waals surface area contributed by atoms with Crippen LogP contribution in [-0.4, -0.2) is 38.0 Å². The molecule has 0 aromatic heterocycles.